The maximum atomic E-state index is 12.9. The number of rotatable bonds is 4. The number of nitrogens with one attached hydrogen (secondary N) is 2. The molecule has 7 nitrogen and oxygen atoms in total. The second-order valence-corrected chi connectivity index (χ2v) is 8.36. The Hall–Kier alpha value is -2.90. The summed E-state index contributed by atoms with van der Waals surface area (Å²) in [7, 11) is 0. The highest BCUT2D eigenvalue weighted by atomic mass is 35.5. The molecule has 0 radical (unpaired) electrons. The van der Waals surface area contributed by atoms with Gasteiger partial charge in [-0.2, -0.15) is 0 Å². The summed E-state index contributed by atoms with van der Waals surface area (Å²) in [6, 6.07) is 10.8. The minimum Gasteiger partial charge on any atom is -0.370 e. The number of fused-ring (bicyclic) bond motifs is 1. The van der Waals surface area contributed by atoms with Crippen molar-refractivity contribution in [2.24, 2.45) is 0 Å². The second-order valence-electron chi connectivity index (χ2n) is 7.93. The first-order valence-electron chi connectivity index (χ1n) is 9.71. The summed E-state index contributed by atoms with van der Waals surface area (Å²) >= 11 is 6.04. The Bertz CT molecular complexity index is 1140. The zero-order valence-corrected chi connectivity index (χ0v) is 17.8. The van der Waals surface area contributed by atoms with Crippen molar-refractivity contribution in [3.63, 3.8) is 0 Å². The lowest BCUT2D eigenvalue weighted by molar-refractivity contribution is -0.125. The van der Waals surface area contributed by atoms with E-state index < -0.39 is 5.54 Å². The van der Waals surface area contributed by atoms with E-state index in [1.165, 1.54) is 0 Å². The van der Waals surface area contributed by atoms with Crippen LogP contribution in [-0.4, -0.2) is 41.5 Å². The van der Waals surface area contributed by atoms with E-state index in [1.54, 1.807) is 29.2 Å². The lowest BCUT2D eigenvalue weighted by atomic mass is 10.0. The normalized spacial score (nSPS) is 14.9. The number of benzene rings is 2. The van der Waals surface area contributed by atoms with Gasteiger partial charge in [0.05, 0.1) is 23.2 Å². The molecule has 1 fully saturated rings. The molecule has 4 rings (SSSR count). The number of halogens is 1. The van der Waals surface area contributed by atoms with Gasteiger partial charge < -0.3 is 19.9 Å². The zero-order chi connectivity index (χ0) is 21.5. The molecular formula is C22H23ClN4O3. The number of H-pyrrole nitrogens is 1. The van der Waals surface area contributed by atoms with Crippen LogP contribution in [0.1, 0.15) is 35.6 Å². The van der Waals surface area contributed by atoms with Crippen LogP contribution in [0.25, 0.3) is 11.0 Å². The van der Waals surface area contributed by atoms with Gasteiger partial charge in [-0.3, -0.25) is 9.59 Å². The van der Waals surface area contributed by atoms with E-state index in [9.17, 15) is 9.59 Å². The molecule has 0 spiro atoms. The van der Waals surface area contributed by atoms with Crippen LogP contribution in [0.4, 0.5) is 5.69 Å². The molecule has 0 aliphatic carbocycles. The molecule has 1 aliphatic heterocycles. The van der Waals surface area contributed by atoms with Crippen LogP contribution in [0, 0.1) is 6.92 Å². The minimum atomic E-state index is -0.727. The van der Waals surface area contributed by atoms with E-state index in [0.29, 0.717) is 29.6 Å². The second kappa shape index (κ2) is 7.74. The van der Waals surface area contributed by atoms with Crippen molar-refractivity contribution in [2.75, 3.05) is 24.7 Å². The first-order valence-corrected chi connectivity index (χ1v) is 10.1. The molecule has 0 bridgehead atoms. The predicted octanol–water partition coefficient (Wildman–Crippen LogP) is 3.55. The first kappa shape index (κ1) is 20.4. The van der Waals surface area contributed by atoms with Gasteiger partial charge in [0.2, 0.25) is 0 Å². The van der Waals surface area contributed by atoms with E-state index in [4.69, 9.17) is 16.3 Å². The van der Waals surface area contributed by atoms with Crippen molar-refractivity contribution in [3.05, 3.63) is 58.4 Å². The number of hydrogen-bond donors (Lipinski definition) is 2. The highest BCUT2D eigenvalue weighted by molar-refractivity contribution is 6.31. The number of carbonyl (C=O) groups is 2. The quantitative estimate of drug-likeness (QED) is 0.667. The number of hydrogen-bond acceptors (Lipinski definition) is 4. The number of aryl methyl sites for hydroxylation is 1. The fraction of sp³-hybridized carbons (Fsp3) is 0.318. The topological polar surface area (TPSA) is 87.3 Å². The third-order valence-corrected chi connectivity index (χ3v) is 5.43. The van der Waals surface area contributed by atoms with E-state index in [0.717, 1.165) is 22.3 Å². The van der Waals surface area contributed by atoms with Gasteiger partial charge in [-0.05, 0) is 62.7 Å². The monoisotopic (exact) mass is 426 g/mol. The summed E-state index contributed by atoms with van der Waals surface area (Å²) in [5.41, 5.74) is 3.05. The number of carbonyl (C=O) groups excluding carboxylic acids is 2. The van der Waals surface area contributed by atoms with Crippen LogP contribution in [0.5, 0.6) is 0 Å². The molecule has 0 unspecified atom stereocenters. The molecule has 1 aromatic heterocycles. The highest BCUT2D eigenvalue weighted by Gasteiger charge is 2.28. The van der Waals surface area contributed by atoms with Crippen molar-refractivity contribution in [1.29, 1.82) is 0 Å². The van der Waals surface area contributed by atoms with Crippen molar-refractivity contribution in [1.82, 2.24) is 15.3 Å². The minimum absolute atomic E-state index is 0.0762. The van der Waals surface area contributed by atoms with Gasteiger partial charge in [-0.15, -0.1) is 0 Å². The Kier molecular flexibility index (Phi) is 5.26. The summed E-state index contributed by atoms with van der Waals surface area (Å²) in [4.78, 5) is 34.6. The van der Waals surface area contributed by atoms with Crippen LogP contribution in [0.2, 0.25) is 5.02 Å². The third kappa shape index (κ3) is 3.91. The van der Waals surface area contributed by atoms with Gasteiger partial charge in [-0.1, -0.05) is 11.6 Å². The Balaban J connectivity index is 1.54. The van der Waals surface area contributed by atoms with E-state index in [2.05, 4.69) is 15.3 Å². The number of aromatic amines is 1. The zero-order valence-electron chi connectivity index (χ0n) is 17.1. The molecule has 0 atom stereocenters. The van der Waals surface area contributed by atoms with Crippen LogP contribution >= 0.6 is 11.6 Å². The molecule has 156 valence electrons. The summed E-state index contributed by atoms with van der Waals surface area (Å²) in [5, 5.41) is 3.64. The SMILES string of the molecule is Cc1cc(C(=O)NC(C)(C)c2nc3cc(Cl)ccc3[nH]2)ccc1N1CCOCC1=O. The maximum Gasteiger partial charge on any atom is 0.253 e. The maximum absolute atomic E-state index is 12.9. The molecule has 2 heterocycles. The fourth-order valence-corrected chi connectivity index (χ4v) is 3.73. The number of nitrogens with zero attached hydrogens (tertiary/aromatic N) is 2. The number of imidazole rings is 1. The number of anilines is 1. The number of ether oxygens (including phenoxy) is 1. The van der Waals surface area contributed by atoms with Crippen molar-refractivity contribution < 1.29 is 14.3 Å². The lowest BCUT2D eigenvalue weighted by Gasteiger charge is -2.28. The van der Waals surface area contributed by atoms with Crippen molar-refractivity contribution >= 4 is 40.1 Å². The highest BCUT2D eigenvalue weighted by Crippen LogP contribution is 2.26. The van der Waals surface area contributed by atoms with Gasteiger partial charge >= 0.3 is 0 Å². The Labute approximate surface area is 179 Å². The molecule has 2 aromatic carbocycles. The third-order valence-electron chi connectivity index (χ3n) is 5.20. The fourth-order valence-electron chi connectivity index (χ4n) is 3.56. The number of aromatic nitrogens is 2. The summed E-state index contributed by atoms with van der Waals surface area (Å²) in [5.74, 6) is 0.342. The molecule has 0 saturated carbocycles. The molecule has 3 aromatic rings. The predicted molar refractivity (Wildman–Crippen MR) is 116 cm³/mol. The van der Waals surface area contributed by atoms with Gasteiger partial charge in [0.15, 0.2) is 0 Å². The Morgan fingerprint density at radius 3 is 2.80 bits per heavy atom. The smallest absolute Gasteiger partial charge is 0.253 e. The van der Waals surface area contributed by atoms with E-state index in [-0.39, 0.29) is 18.4 Å². The largest absolute Gasteiger partial charge is 0.370 e. The van der Waals surface area contributed by atoms with Crippen LogP contribution in [0.15, 0.2) is 36.4 Å². The number of morpholine rings is 1. The molecule has 2 N–H and O–H groups in total. The Morgan fingerprint density at radius 1 is 1.27 bits per heavy atom. The lowest BCUT2D eigenvalue weighted by Crippen LogP contribution is -2.42. The van der Waals surface area contributed by atoms with Gasteiger partial charge in [0.1, 0.15) is 12.4 Å². The van der Waals surface area contributed by atoms with Crippen LogP contribution < -0.4 is 10.2 Å². The molecular weight excluding hydrogens is 404 g/mol. The average molecular weight is 427 g/mol. The van der Waals surface area contributed by atoms with Crippen LogP contribution in [0.3, 0.4) is 0 Å². The Morgan fingerprint density at radius 2 is 2.07 bits per heavy atom. The standard InChI is InChI=1S/C22H23ClN4O3/c1-13-10-14(4-7-18(13)27-8-9-30-12-19(27)28)20(29)26-22(2,3)21-24-16-6-5-15(23)11-17(16)25-21/h4-7,10-11H,8-9,12H2,1-3H3,(H,24,25)(H,26,29). The molecule has 1 saturated heterocycles. The van der Waals surface area contributed by atoms with Gasteiger partial charge in [0, 0.05) is 22.8 Å². The molecule has 30 heavy (non-hydrogen) atoms. The summed E-state index contributed by atoms with van der Waals surface area (Å²) in [6.07, 6.45) is 0. The van der Waals surface area contributed by atoms with Crippen molar-refractivity contribution in [2.45, 2.75) is 26.3 Å². The summed E-state index contributed by atoms with van der Waals surface area (Å²) < 4.78 is 5.19. The van der Waals surface area contributed by atoms with Gasteiger partial charge in [0.25, 0.3) is 11.8 Å². The van der Waals surface area contributed by atoms with Gasteiger partial charge in [-0.25, -0.2) is 4.98 Å². The first-order chi connectivity index (χ1) is 14.2. The van der Waals surface area contributed by atoms with E-state index >= 15 is 0 Å². The average Bonchev–Trinajstić information content (AvgIpc) is 3.12. The van der Waals surface area contributed by atoms with E-state index in [1.807, 2.05) is 32.9 Å². The molecule has 2 amide bonds. The van der Waals surface area contributed by atoms with Crippen LogP contribution in [-0.2, 0) is 15.1 Å². The molecule has 8 heteroatoms. The van der Waals surface area contributed by atoms with Crippen molar-refractivity contribution in [3.8, 4) is 0 Å². The number of amides is 2. The molecule has 1 aliphatic rings. The summed E-state index contributed by atoms with van der Waals surface area (Å²) in [6.45, 7) is 6.76.